The standard InChI is InChI=1S/C25H30N2O5/c1-5-15(2)22(23(28)27(4)16(3)24(29)30)26-25(31)32-14-21-19-12-8-6-10-17(19)18-11-7-9-13-20(18)21/h6-13,15-16,21-22H,5,14H2,1-4H3,(H,26,31)(H,29,30)/t15?,16-,22-/m0/s1. The zero-order chi connectivity index (χ0) is 23.4. The van der Waals surface area contributed by atoms with E-state index in [0.29, 0.717) is 6.42 Å². The molecular weight excluding hydrogens is 408 g/mol. The van der Waals surface area contributed by atoms with Crippen molar-refractivity contribution < 1.29 is 24.2 Å². The number of rotatable bonds is 8. The zero-order valence-corrected chi connectivity index (χ0v) is 18.9. The second-order valence-electron chi connectivity index (χ2n) is 8.30. The first-order valence-corrected chi connectivity index (χ1v) is 10.9. The molecule has 32 heavy (non-hydrogen) atoms. The van der Waals surface area contributed by atoms with Crippen molar-refractivity contribution in [3.05, 3.63) is 59.7 Å². The van der Waals surface area contributed by atoms with Crippen LogP contribution in [0.2, 0.25) is 0 Å². The van der Waals surface area contributed by atoms with E-state index in [9.17, 15) is 19.5 Å². The molecule has 1 aliphatic rings. The van der Waals surface area contributed by atoms with Crippen molar-refractivity contribution >= 4 is 18.0 Å². The number of carbonyl (C=O) groups excluding carboxylic acids is 2. The number of alkyl carbamates (subject to hydrolysis) is 1. The topological polar surface area (TPSA) is 95.9 Å². The van der Waals surface area contributed by atoms with Crippen LogP contribution in [0, 0.1) is 5.92 Å². The van der Waals surface area contributed by atoms with E-state index in [1.807, 2.05) is 50.2 Å². The maximum atomic E-state index is 12.9. The summed E-state index contributed by atoms with van der Waals surface area (Å²) in [6.07, 6.45) is -0.0584. The number of aliphatic carboxylic acids is 1. The highest BCUT2D eigenvalue weighted by Gasteiger charge is 2.34. The SMILES string of the molecule is CCC(C)[C@H](NC(=O)OCC1c2ccccc2-c2ccccc21)C(=O)N(C)[C@@H](C)C(=O)O. The second-order valence-corrected chi connectivity index (χ2v) is 8.30. The highest BCUT2D eigenvalue weighted by Crippen LogP contribution is 2.44. The molecule has 2 N–H and O–H groups in total. The fourth-order valence-corrected chi connectivity index (χ4v) is 4.03. The van der Waals surface area contributed by atoms with Crippen molar-refractivity contribution in [2.24, 2.45) is 5.92 Å². The highest BCUT2D eigenvalue weighted by atomic mass is 16.5. The molecule has 2 amide bonds. The Morgan fingerprint density at radius 2 is 1.56 bits per heavy atom. The lowest BCUT2D eigenvalue weighted by molar-refractivity contribution is -0.149. The van der Waals surface area contributed by atoms with Crippen molar-refractivity contribution in [1.29, 1.82) is 0 Å². The maximum absolute atomic E-state index is 12.9. The summed E-state index contributed by atoms with van der Waals surface area (Å²) in [5, 5.41) is 11.9. The maximum Gasteiger partial charge on any atom is 0.407 e. The first-order chi connectivity index (χ1) is 15.3. The summed E-state index contributed by atoms with van der Waals surface area (Å²) < 4.78 is 5.57. The number of likely N-dealkylation sites (N-methyl/N-ethyl adjacent to an activating group) is 1. The molecule has 7 heteroatoms. The molecule has 3 atom stereocenters. The third kappa shape index (κ3) is 4.61. The van der Waals surface area contributed by atoms with Crippen molar-refractivity contribution in [1.82, 2.24) is 10.2 Å². The summed E-state index contributed by atoms with van der Waals surface area (Å²) in [6, 6.07) is 14.2. The zero-order valence-electron chi connectivity index (χ0n) is 18.9. The third-order valence-electron chi connectivity index (χ3n) is 6.38. The van der Waals surface area contributed by atoms with E-state index in [2.05, 4.69) is 17.4 Å². The van der Waals surface area contributed by atoms with Gasteiger partial charge in [-0.15, -0.1) is 0 Å². The van der Waals surface area contributed by atoms with Crippen molar-refractivity contribution in [3.8, 4) is 11.1 Å². The van der Waals surface area contributed by atoms with E-state index >= 15 is 0 Å². The minimum absolute atomic E-state index is 0.0828. The van der Waals surface area contributed by atoms with Crippen LogP contribution in [0.1, 0.15) is 44.2 Å². The van der Waals surface area contributed by atoms with Gasteiger partial charge < -0.3 is 20.1 Å². The van der Waals surface area contributed by atoms with Crippen LogP contribution in [0.15, 0.2) is 48.5 Å². The van der Waals surface area contributed by atoms with Gasteiger partial charge in [-0.25, -0.2) is 9.59 Å². The Hall–Kier alpha value is -3.35. The summed E-state index contributed by atoms with van der Waals surface area (Å²) in [6.45, 7) is 5.32. The number of benzene rings is 2. The first-order valence-electron chi connectivity index (χ1n) is 10.9. The number of carbonyl (C=O) groups is 3. The van der Waals surface area contributed by atoms with Crippen LogP contribution in [0.4, 0.5) is 4.79 Å². The molecular formula is C25H30N2O5. The quantitative estimate of drug-likeness (QED) is 0.652. The lowest BCUT2D eigenvalue weighted by Crippen LogP contribution is -2.54. The van der Waals surface area contributed by atoms with Crippen molar-refractivity contribution in [2.75, 3.05) is 13.7 Å². The molecule has 0 spiro atoms. The number of fused-ring (bicyclic) bond motifs is 3. The van der Waals surface area contributed by atoms with Crippen molar-refractivity contribution in [2.45, 2.75) is 45.2 Å². The van der Waals surface area contributed by atoms with Gasteiger partial charge in [-0.3, -0.25) is 4.79 Å². The average molecular weight is 439 g/mol. The van der Waals surface area contributed by atoms with E-state index in [-0.39, 0.29) is 18.4 Å². The van der Waals surface area contributed by atoms with Gasteiger partial charge in [-0.05, 0) is 35.1 Å². The highest BCUT2D eigenvalue weighted by molar-refractivity contribution is 5.89. The number of carboxylic acids is 1. The van der Waals surface area contributed by atoms with Crippen LogP contribution in [-0.4, -0.2) is 53.7 Å². The normalized spacial score (nSPS) is 15.1. The molecule has 170 valence electrons. The minimum Gasteiger partial charge on any atom is -0.480 e. The molecule has 0 saturated heterocycles. The summed E-state index contributed by atoms with van der Waals surface area (Å²) in [5.41, 5.74) is 4.47. The van der Waals surface area contributed by atoms with Crippen LogP contribution in [0.5, 0.6) is 0 Å². The predicted octanol–water partition coefficient (Wildman–Crippen LogP) is 3.87. The molecule has 0 heterocycles. The molecule has 1 unspecified atom stereocenters. The van der Waals surface area contributed by atoms with Gasteiger partial charge in [-0.2, -0.15) is 0 Å². The predicted molar refractivity (Wildman–Crippen MR) is 121 cm³/mol. The molecule has 0 aliphatic heterocycles. The Morgan fingerprint density at radius 1 is 1.03 bits per heavy atom. The number of ether oxygens (including phenoxy) is 1. The number of hydrogen-bond donors (Lipinski definition) is 2. The van der Waals surface area contributed by atoms with Gasteiger partial charge in [0, 0.05) is 13.0 Å². The van der Waals surface area contributed by atoms with Crippen LogP contribution in [0.3, 0.4) is 0 Å². The van der Waals surface area contributed by atoms with Crippen LogP contribution in [-0.2, 0) is 14.3 Å². The summed E-state index contributed by atoms with van der Waals surface area (Å²) in [4.78, 5) is 38.0. The second kappa shape index (κ2) is 9.85. The van der Waals surface area contributed by atoms with Crippen LogP contribution in [0.25, 0.3) is 11.1 Å². The molecule has 2 aromatic carbocycles. The molecule has 0 saturated carbocycles. The van der Waals surface area contributed by atoms with Gasteiger partial charge in [0.15, 0.2) is 0 Å². The van der Waals surface area contributed by atoms with Gasteiger partial charge in [0.05, 0.1) is 0 Å². The van der Waals surface area contributed by atoms with Gasteiger partial charge in [-0.1, -0.05) is 68.8 Å². The Balaban J connectivity index is 1.71. The average Bonchev–Trinajstić information content (AvgIpc) is 3.13. The molecule has 0 fully saturated rings. The Labute approximate surface area is 188 Å². The van der Waals surface area contributed by atoms with E-state index < -0.39 is 30.1 Å². The van der Waals surface area contributed by atoms with E-state index in [0.717, 1.165) is 27.2 Å². The number of carboxylic acid groups (broad SMARTS) is 1. The summed E-state index contributed by atoms with van der Waals surface area (Å²) >= 11 is 0. The Morgan fingerprint density at radius 3 is 2.06 bits per heavy atom. The number of nitrogens with zero attached hydrogens (tertiary/aromatic N) is 1. The van der Waals surface area contributed by atoms with Gasteiger partial charge >= 0.3 is 12.1 Å². The molecule has 0 radical (unpaired) electrons. The molecule has 3 rings (SSSR count). The smallest absolute Gasteiger partial charge is 0.407 e. The van der Waals surface area contributed by atoms with Crippen molar-refractivity contribution in [3.63, 3.8) is 0 Å². The summed E-state index contributed by atoms with van der Waals surface area (Å²) in [5.74, 6) is -1.83. The Kier molecular flexibility index (Phi) is 7.18. The van der Waals surface area contributed by atoms with Gasteiger partial charge in [0.2, 0.25) is 5.91 Å². The molecule has 0 aromatic heterocycles. The number of nitrogens with one attached hydrogen (secondary N) is 1. The number of hydrogen-bond acceptors (Lipinski definition) is 4. The fourth-order valence-electron chi connectivity index (χ4n) is 4.03. The van der Waals surface area contributed by atoms with Gasteiger partial charge in [0.25, 0.3) is 0 Å². The van der Waals surface area contributed by atoms with Crippen LogP contribution >= 0.6 is 0 Å². The monoisotopic (exact) mass is 438 g/mol. The van der Waals surface area contributed by atoms with E-state index in [4.69, 9.17) is 4.74 Å². The first kappa shape index (κ1) is 23.3. The molecule has 7 nitrogen and oxygen atoms in total. The Bertz CT molecular complexity index is 960. The van der Waals surface area contributed by atoms with Gasteiger partial charge in [0.1, 0.15) is 18.7 Å². The molecule has 2 aromatic rings. The van der Waals surface area contributed by atoms with E-state index in [1.54, 1.807) is 0 Å². The summed E-state index contributed by atoms with van der Waals surface area (Å²) in [7, 11) is 1.43. The molecule has 1 aliphatic carbocycles. The fraction of sp³-hybridized carbons (Fsp3) is 0.400. The lowest BCUT2D eigenvalue weighted by atomic mass is 9.97. The minimum atomic E-state index is -1.11. The molecule has 0 bridgehead atoms. The van der Waals surface area contributed by atoms with E-state index in [1.165, 1.54) is 14.0 Å². The van der Waals surface area contributed by atoms with Crippen LogP contribution < -0.4 is 5.32 Å². The third-order valence-corrected chi connectivity index (χ3v) is 6.38. The lowest BCUT2D eigenvalue weighted by Gasteiger charge is -2.30. The largest absolute Gasteiger partial charge is 0.480 e. The number of amides is 2.